The second-order valence-electron chi connectivity index (χ2n) is 14.9. The first kappa shape index (κ1) is 48.2. The number of carbonyl (C=O) groups is 5. The molecular formula is C49H56N2O11. The van der Waals surface area contributed by atoms with Gasteiger partial charge in [-0.05, 0) is 68.9 Å². The zero-order valence-electron chi connectivity index (χ0n) is 35.5. The van der Waals surface area contributed by atoms with Crippen LogP contribution in [0.15, 0.2) is 134 Å². The molecule has 0 spiro atoms. The average Bonchev–Trinajstić information content (AvgIpc) is 4.04. The number of amides is 1. The molecule has 2 heterocycles. The Labute approximate surface area is 363 Å². The normalized spacial score (nSPS) is 15.7. The predicted molar refractivity (Wildman–Crippen MR) is 233 cm³/mol. The van der Waals surface area contributed by atoms with E-state index in [0.29, 0.717) is 12.8 Å². The summed E-state index contributed by atoms with van der Waals surface area (Å²) in [5, 5.41) is 12.2. The Morgan fingerprint density at radius 3 is 2.11 bits per heavy atom. The molecule has 62 heavy (non-hydrogen) atoms. The number of nitrogens with zero attached hydrogens (tertiary/aromatic N) is 1. The lowest BCUT2D eigenvalue weighted by Gasteiger charge is -2.32. The Morgan fingerprint density at radius 2 is 1.44 bits per heavy atom. The number of hydrogen-bond acceptors (Lipinski definition) is 11. The number of aromatic nitrogens is 1. The molecule has 3 unspecified atom stereocenters. The van der Waals surface area contributed by atoms with E-state index < -0.39 is 53.7 Å². The van der Waals surface area contributed by atoms with Gasteiger partial charge in [0.25, 0.3) is 0 Å². The molecule has 1 fully saturated rings. The Morgan fingerprint density at radius 1 is 0.790 bits per heavy atom. The van der Waals surface area contributed by atoms with Gasteiger partial charge in [-0.2, -0.15) is 0 Å². The minimum absolute atomic E-state index is 0.110. The Kier molecular flexibility index (Phi) is 20.2. The zero-order chi connectivity index (χ0) is 44.6. The molecule has 2 N–H and O–H groups in total. The topological polar surface area (TPSA) is 180 Å². The maximum Gasteiger partial charge on any atom is 0.347 e. The summed E-state index contributed by atoms with van der Waals surface area (Å²) in [6.45, 7) is 5.31. The van der Waals surface area contributed by atoms with Crippen molar-refractivity contribution < 1.29 is 52.8 Å². The minimum Gasteiger partial charge on any atom is -0.478 e. The predicted octanol–water partition coefficient (Wildman–Crippen LogP) is 8.99. The van der Waals surface area contributed by atoms with E-state index in [2.05, 4.69) is 59.8 Å². The number of allylic oxidation sites excluding steroid dienone is 10. The quantitative estimate of drug-likeness (QED) is 0.0196. The Bertz CT molecular complexity index is 2090. The maximum absolute atomic E-state index is 13.7. The van der Waals surface area contributed by atoms with Crippen LogP contribution in [0.25, 0.3) is 0 Å². The summed E-state index contributed by atoms with van der Waals surface area (Å²) in [7, 11) is 0. The van der Waals surface area contributed by atoms with Crippen LogP contribution in [-0.2, 0) is 28.6 Å². The number of pyridine rings is 1. The first-order valence-corrected chi connectivity index (χ1v) is 20.7. The number of unbranched alkanes of at least 4 members (excludes halogenated alkanes) is 1. The van der Waals surface area contributed by atoms with Gasteiger partial charge in [0.15, 0.2) is 6.29 Å². The van der Waals surface area contributed by atoms with E-state index in [4.69, 9.17) is 23.7 Å². The summed E-state index contributed by atoms with van der Waals surface area (Å²) >= 11 is 0. The van der Waals surface area contributed by atoms with Crippen LogP contribution in [0.3, 0.4) is 0 Å². The van der Waals surface area contributed by atoms with Crippen molar-refractivity contribution >= 4 is 29.8 Å². The highest BCUT2D eigenvalue weighted by atomic mass is 16.8. The second-order valence-corrected chi connectivity index (χ2v) is 14.9. The van der Waals surface area contributed by atoms with Crippen molar-refractivity contribution in [1.29, 1.82) is 0 Å². The number of carbonyl (C=O) groups excluding carboxylic acids is 4. The van der Waals surface area contributed by atoms with Gasteiger partial charge in [-0.1, -0.05) is 112 Å². The van der Waals surface area contributed by atoms with E-state index >= 15 is 0 Å². The highest BCUT2D eigenvalue weighted by molar-refractivity contribution is 5.97. The van der Waals surface area contributed by atoms with Crippen LogP contribution in [-0.4, -0.2) is 65.4 Å². The van der Waals surface area contributed by atoms with Crippen molar-refractivity contribution in [3.05, 3.63) is 151 Å². The fourth-order valence-corrected chi connectivity index (χ4v) is 5.88. The van der Waals surface area contributed by atoms with E-state index in [0.717, 1.165) is 31.2 Å². The highest BCUT2D eigenvalue weighted by Crippen LogP contribution is 2.42. The molecule has 1 aliphatic rings. The maximum atomic E-state index is 13.7. The number of benzene rings is 2. The fourth-order valence-electron chi connectivity index (χ4n) is 5.88. The van der Waals surface area contributed by atoms with E-state index in [1.54, 1.807) is 38.4 Å². The number of hydrogen-bond donors (Lipinski definition) is 2. The van der Waals surface area contributed by atoms with Gasteiger partial charge in [-0.15, -0.1) is 0 Å². The number of nitrogens with one attached hydrogen (secondary N) is 1. The van der Waals surface area contributed by atoms with E-state index in [-0.39, 0.29) is 48.6 Å². The number of epoxide rings is 1. The molecule has 1 saturated heterocycles. The first-order chi connectivity index (χ1) is 30.0. The number of aromatic carboxylic acids is 1. The summed E-state index contributed by atoms with van der Waals surface area (Å²) in [4.78, 5) is 68.1. The monoisotopic (exact) mass is 848 g/mol. The lowest BCUT2D eigenvalue weighted by Crippen LogP contribution is -2.49. The minimum atomic E-state index is -1.28. The molecule has 2 aromatic carbocycles. The van der Waals surface area contributed by atoms with Crippen LogP contribution in [0.4, 0.5) is 0 Å². The average molecular weight is 849 g/mol. The lowest BCUT2D eigenvalue weighted by molar-refractivity contribution is -0.161. The van der Waals surface area contributed by atoms with Crippen molar-refractivity contribution in [2.45, 2.75) is 90.6 Å². The Balaban J connectivity index is 1.25. The van der Waals surface area contributed by atoms with Gasteiger partial charge in [-0.25, -0.2) is 9.59 Å². The molecule has 0 radical (unpaired) electrons. The van der Waals surface area contributed by atoms with Gasteiger partial charge in [0.1, 0.15) is 34.8 Å². The third kappa shape index (κ3) is 16.9. The van der Waals surface area contributed by atoms with Gasteiger partial charge < -0.3 is 34.1 Å². The Hall–Kier alpha value is -6.44. The van der Waals surface area contributed by atoms with Crippen molar-refractivity contribution in [2.24, 2.45) is 5.41 Å². The van der Waals surface area contributed by atoms with Crippen molar-refractivity contribution in [3.8, 4) is 11.5 Å². The summed E-state index contributed by atoms with van der Waals surface area (Å²) in [6, 6.07) is 15.1. The van der Waals surface area contributed by atoms with Gasteiger partial charge >= 0.3 is 23.9 Å². The molecule has 13 nitrogen and oxygen atoms in total. The first-order valence-electron chi connectivity index (χ1n) is 20.7. The highest BCUT2D eigenvalue weighted by Gasteiger charge is 2.48. The molecule has 0 saturated carbocycles. The molecule has 0 aliphatic carbocycles. The van der Waals surface area contributed by atoms with Gasteiger partial charge in [0.05, 0.1) is 13.0 Å². The summed E-state index contributed by atoms with van der Waals surface area (Å²) in [5.74, 6) is -4.24. The molecular weight excluding hydrogens is 793 g/mol. The third-order valence-electron chi connectivity index (χ3n) is 9.25. The van der Waals surface area contributed by atoms with Gasteiger partial charge in [0, 0.05) is 36.3 Å². The summed E-state index contributed by atoms with van der Waals surface area (Å²) in [6.07, 6.45) is 26.8. The van der Waals surface area contributed by atoms with Crippen LogP contribution in [0.1, 0.15) is 105 Å². The van der Waals surface area contributed by atoms with E-state index in [1.165, 1.54) is 42.5 Å². The van der Waals surface area contributed by atoms with Crippen LogP contribution in [0, 0.1) is 5.41 Å². The molecule has 1 aliphatic heterocycles. The molecule has 3 aromatic rings. The van der Waals surface area contributed by atoms with E-state index in [1.807, 2.05) is 24.3 Å². The number of esters is 3. The lowest BCUT2D eigenvalue weighted by atomic mass is 9.86. The number of rotatable bonds is 26. The molecule has 328 valence electrons. The SMILES string of the molecule is CCC=CCC=CCC=CCC=CC=CCCCC(=O)OCC(C)(C)C(OC1OC1c1cccnc1)C(=O)NCCC(=O)Oc1ccccc1C(=O)Oc1ccccc1C(=O)O. The van der Waals surface area contributed by atoms with E-state index in [9.17, 15) is 29.1 Å². The summed E-state index contributed by atoms with van der Waals surface area (Å²) < 4.78 is 28.3. The number of carboxylic acid groups (broad SMARTS) is 1. The summed E-state index contributed by atoms with van der Waals surface area (Å²) in [5.41, 5.74) is -0.574. The fraction of sp³-hybridized carbons (Fsp3) is 0.347. The number of para-hydroxylation sites is 2. The van der Waals surface area contributed by atoms with Crippen molar-refractivity contribution in [2.75, 3.05) is 13.2 Å². The molecule has 13 heteroatoms. The second kappa shape index (κ2) is 26.0. The number of ether oxygens (including phenoxy) is 5. The van der Waals surface area contributed by atoms with Crippen LogP contribution >= 0.6 is 0 Å². The van der Waals surface area contributed by atoms with Crippen molar-refractivity contribution in [1.82, 2.24) is 10.3 Å². The van der Waals surface area contributed by atoms with Crippen LogP contribution in [0.5, 0.6) is 11.5 Å². The van der Waals surface area contributed by atoms with Crippen LogP contribution < -0.4 is 14.8 Å². The zero-order valence-corrected chi connectivity index (χ0v) is 35.5. The third-order valence-corrected chi connectivity index (χ3v) is 9.25. The van der Waals surface area contributed by atoms with Crippen molar-refractivity contribution in [3.63, 3.8) is 0 Å². The number of carboxylic acids is 1. The molecule has 1 amide bonds. The smallest absolute Gasteiger partial charge is 0.347 e. The molecule has 1 aromatic heterocycles. The molecule has 0 bridgehead atoms. The molecule has 4 rings (SSSR count). The largest absolute Gasteiger partial charge is 0.478 e. The molecule has 3 atom stereocenters. The van der Waals surface area contributed by atoms with Gasteiger partial charge in [0.2, 0.25) is 5.91 Å². The standard InChI is InChI=1S/C49H56N2O11/c1-4-5-6-7-8-9-10-11-12-13-14-15-16-17-18-19-30-41(52)58-35-49(2,3)44(62-48-43(61-48)36-25-24-32-50-34-36)45(54)51-33-31-42(53)59-40-29-23-21-27-38(40)47(57)60-39-28-22-20-26-37(39)46(55)56/h5-6,8-9,11-12,14-17,20-29,32,34,43-44,48H,4,7,10,13,18-19,30-31,33,35H2,1-3H3,(H,51,54)(H,55,56). The van der Waals surface area contributed by atoms with Gasteiger partial charge in [-0.3, -0.25) is 19.4 Å². The van der Waals surface area contributed by atoms with Crippen LogP contribution in [0.2, 0.25) is 0 Å².